The van der Waals surface area contributed by atoms with Gasteiger partial charge in [0.1, 0.15) is 0 Å². The first-order chi connectivity index (χ1) is 9.36. The minimum atomic E-state index is 0.139. The van der Waals surface area contributed by atoms with Crippen LogP contribution in [0.1, 0.15) is 27.7 Å². The maximum absolute atomic E-state index is 12.1. The second-order valence-corrected chi connectivity index (χ2v) is 4.51. The first kappa shape index (κ1) is 15.4. The Bertz CT molecular complexity index is 641. The molecule has 2 aromatic carbocycles. The van der Waals surface area contributed by atoms with Gasteiger partial charge in [-0.05, 0) is 24.3 Å². The first-order valence-corrected chi connectivity index (χ1v) is 7.58. The number of hydrogen-bond acceptors (Lipinski definition) is 2. The van der Waals surface area contributed by atoms with Gasteiger partial charge in [-0.15, -0.1) is 11.3 Å². The van der Waals surface area contributed by atoms with Crippen LogP contribution < -0.4 is 5.43 Å². The van der Waals surface area contributed by atoms with Crippen molar-refractivity contribution in [3.63, 3.8) is 0 Å². The summed E-state index contributed by atoms with van der Waals surface area (Å²) in [5.41, 5.74) is 0.139. The van der Waals surface area contributed by atoms with E-state index in [4.69, 9.17) is 0 Å². The molecular weight excluding hydrogens is 252 g/mol. The SMILES string of the molecule is CC.CC.O=c1c2ccccc2sc2ccccc12. The highest BCUT2D eigenvalue weighted by Crippen LogP contribution is 2.23. The lowest BCUT2D eigenvalue weighted by Crippen LogP contribution is -1.99. The minimum Gasteiger partial charge on any atom is -0.289 e. The van der Waals surface area contributed by atoms with Gasteiger partial charge in [0, 0.05) is 20.2 Å². The Morgan fingerprint density at radius 3 is 1.47 bits per heavy atom. The molecule has 1 heterocycles. The highest BCUT2D eigenvalue weighted by atomic mass is 32.1. The molecule has 0 saturated heterocycles. The van der Waals surface area contributed by atoms with E-state index in [1.54, 1.807) is 11.3 Å². The Morgan fingerprint density at radius 1 is 0.684 bits per heavy atom. The molecule has 3 rings (SSSR count). The van der Waals surface area contributed by atoms with E-state index in [1.165, 1.54) is 0 Å². The Balaban J connectivity index is 0.000000415. The lowest BCUT2D eigenvalue weighted by molar-refractivity contribution is 1.50. The predicted molar refractivity (Wildman–Crippen MR) is 88.3 cm³/mol. The number of benzene rings is 2. The molecular formula is C17H20OS. The molecule has 0 amide bonds. The zero-order valence-corrected chi connectivity index (χ0v) is 12.8. The summed E-state index contributed by atoms with van der Waals surface area (Å²) in [6.45, 7) is 8.00. The van der Waals surface area contributed by atoms with Gasteiger partial charge in [0.25, 0.3) is 0 Å². The van der Waals surface area contributed by atoms with Crippen LogP contribution in [0, 0.1) is 0 Å². The fraction of sp³-hybridized carbons (Fsp3) is 0.235. The molecule has 100 valence electrons. The number of hydrogen-bond donors (Lipinski definition) is 0. The third-order valence-corrected chi connectivity index (χ3v) is 3.64. The van der Waals surface area contributed by atoms with Crippen LogP contribution in [-0.4, -0.2) is 0 Å². The van der Waals surface area contributed by atoms with Crippen molar-refractivity contribution in [3.05, 3.63) is 58.8 Å². The van der Waals surface area contributed by atoms with E-state index in [0.29, 0.717) is 0 Å². The van der Waals surface area contributed by atoms with Crippen LogP contribution >= 0.6 is 11.3 Å². The molecule has 3 aromatic rings. The van der Waals surface area contributed by atoms with E-state index >= 15 is 0 Å². The maximum atomic E-state index is 12.1. The van der Waals surface area contributed by atoms with E-state index in [9.17, 15) is 4.79 Å². The average molecular weight is 272 g/mol. The van der Waals surface area contributed by atoms with Crippen LogP contribution in [0.25, 0.3) is 20.2 Å². The summed E-state index contributed by atoms with van der Waals surface area (Å²) in [5.74, 6) is 0. The molecule has 0 aliphatic heterocycles. The van der Waals surface area contributed by atoms with Crippen molar-refractivity contribution in [2.75, 3.05) is 0 Å². The average Bonchev–Trinajstić information content (AvgIpc) is 2.52. The molecule has 0 N–H and O–H groups in total. The van der Waals surface area contributed by atoms with Crippen LogP contribution in [0.5, 0.6) is 0 Å². The van der Waals surface area contributed by atoms with Gasteiger partial charge in [-0.3, -0.25) is 4.79 Å². The van der Waals surface area contributed by atoms with E-state index in [0.717, 1.165) is 20.2 Å². The van der Waals surface area contributed by atoms with Crippen molar-refractivity contribution >= 4 is 31.5 Å². The largest absolute Gasteiger partial charge is 0.289 e. The molecule has 0 fully saturated rings. The zero-order valence-electron chi connectivity index (χ0n) is 11.9. The van der Waals surface area contributed by atoms with Gasteiger partial charge in [0.05, 0.1) is 0 Å². The summed E-state index contributed by atoms with van der Waals surface area (Å²) in [4.78, 5) is 12.1. The first-order valence-electron chi connectivity index (χ1n) is 6.77. The quantitative estimate of drug-likeness (QED) is 0.496. The molecule has 0 bridgehead atoms. The predicted octanol–water partition coefficient (Wildman–Crippen LogP) is 5.47. The fourth-order valence-electron chi connectivity index (χ4n) is 1.75. The normalized spacial score (nSPS) is 9.26. The van der Waals surface area contributed by atoms with Crippen LogP contribution in [0.3, 0.4) is 0 Å². The molecule has 0 radical (unpaired) electrons. The summed E-state index contributed by atoms with van der Waals surface area (Å²) in [5, 5.41) is 1.64. The molecule has 1 nitrogen and oxygen atoms in total. The summed E-state index contributed by atoms with van der Waals surface area (Å²) in [6.07, 6.45) is 0. The van der Waals surface area contributed by atoms with Crippen LogP contribution in [0.15, 0.2) is 53.3 Å². The van der Waals surface area contributed by atoms with Crippen LogP contribution in [0.2, 0.25) is 0 Å². The summed E-state index contributed by atoms with van der Waals surface area (Å²) in [6, 6.07) is 15.5. The van der Waals surface area contributed by atoms with Gasteiger partial charge < -0.3 is 0 Å². The molecule has 2 heteroatoms. The van der Waals surface area contributed by atoms with Crippen molar-refractivity contribution < 1.29 is 0 Å². The van der Waals surface area contributed by atoms with Gasteiger partial charge in [-0.1, -0.05) is 52.0 Å². The smallest absolute Gasteiger partial charge is 0.195 e. The molecule has 0 spiro atoms. The molecule has 0 unspecified atom stereocenters. The van der Waals surface area contributed by atoms with Gasteiger partial charge >= 0.3 is 0 Å². The molecule has 0 aliphatic rings. The van der Waals surface area contributed by atoms with Crippen LogP contribution in [-0.2, 0) is 0 Å². The third kappa shape index (κ3) is 3.21. The Morgan fingerprint density at radius 2 is 1.05 bits per heavy atom. The van der Waals surface area contributed by atoms with E-state index in [2.05, 4.69) is 0 Å². The summed E-state index contributed by atoms with van der Waals surface area (Å²) in [7, 11) is 0. The van der Waals surface area contributed by atoms with E-state index in [1.807, 2.05) is 76.2 Å². The lowest BCUT2D eigenvalue weighted by Gasteiger charge is -1.99. The Labute approximate surface area is 118 Å². The minimum absolute atomic E-state index is 0.139. The van der Waals surface area contributed by atoms with Crippen molar-refractivity contribution in [1.29, 1.82) is 0 Å². The molecule has 1 aromatic heterocycles. The topological polar surface area (TPSA) is 17.1 Å². The Hall–Kier alpha value is -1.67. The van der Waals surface area contributed by atoms with E-state index < -0.39 is 0 Å². The summed E-state index contributed by atoms with van der Waals surface area (Å²) >= 11 is 1.67. The molecule has 0 aliphatic carbocycles. The second kappa shape index (κ2) is 7.70. The molecule has 0 saturated carbocycles. The van der Waals surface area contributed by atoms with Crippen molar-refractivity contribution in [1.82, 2.24) is 0 Å². The molecule has 0 atom stereocenters. The van der Waals surface area contributed by atoms with Gasteiger partial charge in [0.15, 0.2) is 5.43 Å². The monoisotopic (exact) mass is 272 g/mol. The highest BCUT2D eigenvalue weighted by Gasteiger charge is 2.03. The van der Waals surface area contributed by atoms with Crippen molar-refractivity contribution in [3.8, 4) is 0 Å². The lowest BCUT2D eigenvalue weighted by atomic mass is 10.2. The van der Waals surface area contributed by atoms with Crippen molar-refractivity contribution in [2.24, 2.45) is 0 Å². The van der Waals surface area contributed by atoms with Gasteiger partial charge in [-0.25, -0.2) is 0 Å². The molecule has 19 heavy (non-hydrogen) atoms. The second-order valence-electron chi connectivity index (χ2n) is 3.42. The third-order valence-electron chi connectivity index (χ3n) is 2.48. The number of rotatable bonds is 0. The van der Waals surface area contributed by atoms with Gasteiger partial charge in [-0.2, -0.15) is 0 Å². The zero-order chi connectivity index (χ0) is 14.3. The highest BCUT2D eigenvalue weighted by molar-refractivity contribution is 7.24. The van der Waals surface area contributed by atoms with Crippen LogP contribution in [0.4, 0.5) is 0 Å². The maximum Gasteiger partial charge on any atom is 0.195 e. The summed E-state index contributed by atoms with van der Waals surface area (Å²) < 4.78 is 2.11. The van der Waals surface area contributed by atoms with E-state index in [-0.39, 0.29) is 5.43 Å². The van der Waals surface area contributed by atoms with Gasteiger partial charge in [0.2, 0.25) is 0 Å². The van der Waals surface area contributed by atoms with Crippen molar-refractivity contribution in [2.45, 2.75) is 27.7 Å². The standard InChI is InChI=1S/C13H8OS.2C2H6/c14-13-9-5-1-3-7-11(9)15-12-8-4-2-6-10(12)13;2*1-2/h1-8H;2*1-2H3. The number of fused-ring (bicyclic) bond motifs is 2. The fourth-order valence-corrected chi connectivity index (χ4v) is 2.82. The Kier molecular flexibility index (Phi) is 6.23.